The summed E-state index contributed by atoms with van der Waals surface area (Å²) in [5.41, 5.74) is 0.733. The summed E-state index contributed by atoms with van der Waals surface area (Å²) in [4.78, 5) is 1.04. The van der Waals surface area contributed by atoms with Crippen LogP contribution in [-0.4, -0.2) is 5.11 Å². The number of rotatable bonds is 3. The highest BCUT2D eigenvalue weighted by Crippen LogP contribution is 2.37. The molecular weight excluding hydrogens is 349 g/mol. The molecule has 21 heavy (non-hydrogen) atoms. The Kier molecular flexibility index (Phi) is 4.18. The van der Waals surface area contributed by atoms with Crippen LogP contribution in [0.2, 0.25) is 15.1 Å². The summed E-state index contributed by atoms with van der Waals surface area (Å²) in [6, 6.07) is 11.3. The van der Waals surface area contributed by atoms with E-state index in [0.29, 0.717) is 6.54 Å². The van der Waals surface area contributed by atoms with Gasteiger partial charge in [-0.1, -0.05) is 53.0 Å². The first-order valence-corrected chi connectivity index (χ1v) is 8.09. The van der Waals surface area contributed by atoms with E-state index in [4.69, 9.17) is 34.8 Å². The molecule has 2 aromatic carbocycles. The van der Waals surface area contributed by atoms with Crippen LogP contribution in [-0.2, 0) is 6.54 Å². The summed E-state index contributed by atoms with van der Waals surface area (Å²) in [7, 11) is 0. The van der Waals surface area contributed by atoms with Crippen molar-refractivity contribution < 1.29 is 5.11 Å². The number of fused-ring (bicyclic) bond motifs is 1. The largest absolute Gasteiger partial charge is 0.505 e. The van der Waals surface area contributed by atoms with Crippen LogP contribution in [0.1, 0.15) is 4.88 Å². The molecule has 6 heteroatoms. The molecule has 1 heterocycles. The third-order valence-electron chi connectivity index (χ3n) is 3.07. The van der Waals surface area contributed by atoms with Gasteiger partial charge in [-0.15, -0.1) is 11.3 Å². The van der Waals surface area contributed by atoms with E-state index in [1.54, 1.807) is 23.5 Å². The quantitative estimate of drug-likeness (QED) is 0.548. The summed E-state index contributed by atoms with van der Waals surface area (Å²) in [6.45, 7) is 0.565. The molecule has 0 atom stereocenters. The third-order valence-corrected chi connectivity index (χ3v) is 5.36. The van der Waals surface area contributed by atoms with Gasteiger partial charge in [0, 0.05) is 20.7 Å². The standard InChI is InChI=1S/C15H10Cl3NOS/c16-10-5-8(6-11(17)15(10)20)19-7-13-14(18)9-3-1-2-4-12(9)21-13/h1-6,19-20H,7H2. The number of hydrogen-bond acceptors (Lipinski definition) is 3. The van der Waals surface area contributed by atoms with E-state index in [1.807, 2.05) is 24.3 Å². The lowest BCUT2D eigenvalue weighted by atomic mass is 10.2. The fourth-order valence-corrected chi connectivity index (χ4v) is 3.95. The van der Waals surface area contributed by atoms with Crippen LogP contribution in [0.15, 0.2) is 36.4 Å². The molecule has 0 aliphatic carbocycles. The Labute approximate surface area is 140 Å². The molecule has 0 radical (unpaired) electrons. The predicted octanol–water partition coefficient (Wildman–Crippen LogP) is 6.18. The Morgan fingerprint density at radius 2 is 1.71 bits per heavy atom. The molecule has 3 aromatic rings. The van der Waals surface area contributed by atoms with Crippen molar-refractivity contribution in [2.45, 2.75) is 6.54 Å². The van der Waals surface area contributed by atoms with E-state index < -0.39 is 0 Å². The first-order chi connectivity index (χ1) is 10.1. The number of phenols is 1. The summed E-state index contributed by atoms with van der Waals surface area (Å²) in [5.74, 6) is -0.108. The number of thiophene rings is 1. The molecule has 108 valence electrons. The first-order valence-electron chi connectivity index (χ1n) is 6.14. The SMILES string of the molecule is Oc1c(Cl)cc(NCc2sc3ccccc3c2Cl)cc1Cl. The van der Waals surface area contributed by atoms with Gasteiger partial charge in [-0.25, -0.2) is 0 Å². The van der Waals surface area contributed by atoms with Crippen molar-refractivity contribution in [3.05, 3.63) is 56.3 Å². The number of anilines is 1. The third kappa shape index (κ3) is 2.92. The van der Waals surface area contributed by atoms with E-state index >= 15 is 0 Å². The van der Waals surface area contributed by atoms with Crippen molar-refractivity contribution in [3.8, 4) is 5.75 Å². The summed E-state index contributed by atoms with van der Waals surface area (Å²) in [6.07, 6.45) is 0. The maximum absolute atomic E-state index is 9.54. The smallest absolute Gasteiger partial charge is 0.152 e. The number of hydrogen-bond donors (Lipinski definition) is 2. The average molecular weight is 359 g/mol. The zero-order chi connectivity index (χ0) is 15.0. The van der Waals surface area contributed by atoms with E-state index in [-0.39, 0.29) is 15.8 Å². The Morgan fingerprint density at radius 3 is 2.38 bits per heavy atom. The van der Waals surface area contributed by atoms with E-state index in [2.05, 4.69) is 5.32 Å². The maximum Gasteiger partial charge on any atom is 0.152 e. The van der Waals surface area contributed by atoms with Gasteiger partial charge in [0.05, 0.1) is 21.6 Å². The summed E-state index contributed by atoms with van der Waals surface area (Å²) in [5, 5.41) is 15.0. The van der Waals surface area contributed by atoms with Gasteiger partial charge in [-0.05, 0) is 18.2 Å². The van der Waals surface area contributed by atoms with Crippen molar-refractivity contribution in [1.82, 2.24) is 0 Å². The lowest BCUT2D eigenvalue weighted by molar-refractivity contribution is 0.476. The minimum Gasteiger partial charge on any atom is -0.505 e. The molecule has 0 amide bonds. The molecule has 0 bridgehead atoms. The fraction of sp³-hybridized carbons (Fsp3) is 0.0667. The molecule has 2 N–H and O–H groups in total. The van der Waals surface area contributed by atoms with Crippen molar-refractivity contribution in [2.75, 3.05) is 5.32 Å². The predicted molar refractivity (Wildman–Crippen MR) is 92.3 cm³/mol. The second kappa shape index (κ2) is 5.93. The second-order valence-electron chi connectivity index (χ2n) is 4.48. The molecular formula is C15H10Cl3NOS. The van der Waals surface area contributed by atoms with Crippen molar-refractivity contribution in [2.24, 2.45) is 0 Å². The minimum absolute atomic E-state index is 0.108. The second-order valence-corrected chi connectivity index (χ2v) is 6.81. The zero-order valence-corrected chi connectivity index (χ0v) is 13.7. The van der Waals surface area contributed by atoms with Gasteiger partial charge >= 0.3 is 0 Å². The maximum atomic E-state index is 9.54. The van der Waals surface area contributed by atoms with Gasteiger partial charge in [-0.2, -0.15) is 0 Å². The molecule has 1 aromatic heterocycles. The number of aromatic hydroxyl groups is 1. The molecule has 0 unspecified atom stereocenters. The van der Waals surface area contributed by atoms with Gasteiger partial charge < -0.3 is 10.4 Å². The molecule has 2 nitrogen and oxygen atoms in total. The Morgan fingerprint density at radius 1 is 1.05 bits per heavy atom. The summed E-state index contributed by atoms with van der Waals surface area (Å²) < 4.78 is 1.15. The van der Waals surface area contributed by atoms with Crippen molar-refractivity contribution >= 4 is 61.9 Å². The number of halogens is 3. The summed E-state index contributed by atoms with van der Waals surface area (Å²) >= 11 is 19.8. The first kappa shape index (κ1) is 14.8. The highest BCUT2D eigenvalue weighted by Gasteiger charge is 2.11. The van der Waals surface area contributed by atoms with Crippen LogP contribution in [0.25, 0.3) is 10.1 Å². The Bertz CT molecular complexity index is 793. The van der Waals surface area contributed by atoms with E-state index in [9.17, 15) is 5.11 Å². The van der Waals surface area contributed by atoms with E-state index in [1.165, 1.54) is 0 Å². The van der Waals surface area contributed by atoms with Crippen molar-refractivity contribution in [1.29, 1.82) is 0 Å². The Hall–Kier alpha value is -1.13. The molecule has 3 rings (SSSR count). The van der Waals surface area contributed by atoms with Crippen LogP contribution in [0.4, 0.5) is 5.69 Å². The molecule has 0 saturated carbocycles. The highest BCUT2D eigenvalue weighted by molar-refractivity contribution is 7.19. The van der Waals surface area contributed by atoms with Gasteiger partial charge in [0.25, 0.3) is 0 Å². The topological polar surface area (TPSA) is 32.3 Å². The van der Waals surface area contributed by atoms with Gasteiger partial charge in [0.1, 0.15) is 0 Å². The van der Waals surface area contributed by atoms with Crippen LogP contribution in [0.3, 0.4) is 0 Å². The lowest BCUT2D eigenvalue weighted by Gasteiger charge is -2.08. The molecule has 0 spiro atoms. The minimum atomic E-state index is -0.108. The number of phenolic OH excluding ortho intramolecular Hbond substituents is 1. The van der Waals surface area contributed by atoms with Gasteiger partial charge in [0.2, 0.25) is 0 Å². The van der Waals surface area contributed by atoms with E-state index in [0.717, 1.165) is 25.7 Å². The molecule has 0 fully saturated rings. The van der Waals surface area contributed by atoms with Crippen LogP contribution in [0.5, 0.6) is 5.75 Å². The molecule has 0 aliphatic rings. The monoisotopic (exact) mass is 357 g/mol. The zero-order valence-electron chi connectivity index (χ0n) is 10.7. The molecule has 0 aliphatic heterocycles. The normalized spacial score (nSPS) is 11.0. The van der Waals surface area contributed by atoms with Crippen LogP contribution in [0, 0.1) is 0 Å². The van der Waals surface area contributed by atoms with Crippen molar-refractivity contribution in [3.63, 3.8) is 0 Å². The van der Waals surface area contributed by atoms with Gasteiger partial charge in [0.15, 0.2) is 5.75 Å². The van der Waals surface area contributed by atoms with Crippen LogP contribution < -0.4 is 5.32 Å². The molecule has 0 saturated heterocycles. The van der Waals surface area contributed by atoms with Crippen LogP contribution >= 0.6 is 46.1 Å². The average Bonchev–Trinajstić information content (AvgIpc) is 2.79. The lowest BCUT2D eigenvalue weighted by Crippen LogP contribution is -1.97. The number of benzene rings is 2. The fourth-order valence-electron chi connectivity index (χ4n) is 2.03. The van der Waals surface area contributed by atoms with Gasteiger partial charge in [-0.3, -0.25) is 0 Å². The highest BCUT2D eigenvalue weighted by atomic mass is 35.5. The Balaban J connectivity index is 1.85. The number of nitrogens with one attached hydrogen (secondary N) is 1.